The molecule has 0 aromatic carbocycles. The molecule has 1 aliphatic heterocycles. The minimum absolute atomic E-state index is 0.146. The van der Waals surface area contributed by atoms with E-state index < -0.39 is 0 Å². The van der Waals surface area contributed by atoms with Gasteiger partial charge in [-0.15, -0.1) is 0 Å². The van der Waals surface area contributed by atoms with Crippen LogP contribution in [0.25, 0.3) is 16.7 Å². The second-order valence-corrected chi connectivity index (χ2v) is 8.89. The zero-order valence-electron chi connectivity index (χ0n) is 18.2. The lowest BCUT2D eigenvalue weighted by molar-refractivity contribution is 0.0923. The van der Waals surface area contributed by atoms with Crippen LogP contribution in [0.2, 0.25) is 0 Å². The molecular formula is C24H29N5O2. The minimum Gasteiger partial charge on any atom is -0.449 e. The molecule has 1 aliphatic carbocycles. The Labute approximate surface area is 182 Å². The molecule has 2 fully saturated rings. The molecule has 1 atom stereocenters. The van der Waals surface area contributed by atoms with E-state index >= 15 is 0 Å². The highest BCUT2D eigenvalue weighted by Crippen LogP contribution is 2.59. The minimum atomic E-state index is -0.146. The zero-order valence-corrected chi connectivity index (χ0v) is 18.2. The van der Waals surface area contributed by atoms with Gasteiger partial charge in [0.25, 0.3) is 5.91 Å². The summed E-state index contributed by atoms with van der Waals surface area (Å²) < 4.78 is 7.64. The Morgan fingerprint density at radius 2 is 2.16 bits per heavy atom. The SMILES string of the molecule is C=C(c1cnn(CC)c1C)N1CCC2(CC1)CC2CNC(=O)c1cc2ccncc2o1. The molecule has 1 saturated heterocycles. The van der Waals surface area contributed by atoms with Crippen molar-refractivity contribution in [1.29, 1.82) is 0 Å². The number of amides is 1. The summed E-state index contributed by atoms with van der Waals surface area (Å²) in [6, 6.07) is 3.63. The molecule has 3 aromatic rings. The maximum Gasteiger partial charge on any atom is 0.287 e. The van der Waals surface area contributed by atoms with Crippen LogP contribution in [0.5, 0.6) is 0 Å². The monoisotopic (exact) mass is 419 g/mol. The number of likely N-dealkylation sites (tertiary alicyclic amines) is 1. The highest BCUT2D eigenvalue weighted by atomic mass is 16.3. The predicted octanol–water partition coefficient (Wildman–Crippen LogP) is 3.86. The van der Waals surface area contributed by atoms with E-state index in [0.29, 0.717) is 29.2 Å². The molecule has 4 heterocycles. The molecule has 1 unspecified atom stereocenters. The van der Waals surface area contributed by atoms with Crippen molar-refractivity contribution < 1.29 is 9.21 Å². The van der Waals surface area contributed by atoms with Gasteiger partial charge in [0, 0.05) is 54.7 Å². The van der Waals surface area contributed by atoms with Crippen LogP contribution in [0, 0.1) is 18.3 Å². The third-order valence-corrected chi connectivity index (χ3v) is 7.27. The topological polar surface area (TPSA) is 76.2 Å². The molecule has 0 bridgehead atoms. The molecule has 3 aromatic heterocycles. The first-order valence-corrected chi connectivity index (χ1v) is 11.1. The second kappa shape index (κ2) is 7.55. The Bertz CT molecular complexity index is 1100. The lowest BCUT2D eigenvalue weighted by Crippen LogP contribution is -2.35. The van der Waals surface area contributed by atoms with E-state index in [9.17, 15) is 4.79 Å². The maximum atomic E-state index is 12.5. The number of rotatable bonds is 6. The number of fused-ring (bicyclic) bond motifs is 1. The number of piperidine rings is 1. The average molecular weight is 420 g/mol. The van der Waals surface area contributed by atoms with E-state index in [0.717, 1.165) is 49.1 Å². The van der Waals surface area contributed by atoms with Crippen LogP contribution in [-0.4, -0.2) is 45.2 Å². The molecule has 1 spiro atoms. The predicted molar refractivity (Wildman–Crippen MR) is 119 cm³/mol. The third-order valence-electron chi connectivity index (χ3n) is 7.27. The lowest BCUT2D eigenvalue weighted by atomic mass is 9.90. The van der Waals surface area contributed by atoms with Gasteiger partial charge in [-0.25, -0.2) is 0 Å². The van der Waals surface area contributed by atoms with Crippen LogP contribution in [-0.2, 0) is 6.54 Å². The second-order valence-electron chi connectivity index (χ2n) is 8.89. The maximum absolute atomic E-state index is 12.5. The van der Waals surface area contributed by atoms with Crippen LogP contribution in [0.4, 0.5) is 0 Å². The molecule has 0 radical (unpaired) electrons. The van der Waals surface area contributed by atoms with E-state index in [-0.39, 0.29) is 5.91 Å². The Morgan fingerprint density at radius 3 is 2.87 bits per heavy atom. The van der Waals surface area contributed by atoms with Gasteiger partial charge in [0.1, 0.15) is 0 Å². The van der Waals surface area contributed by atoms with E-state index in [2.05, 4.69) is 40.7 Å². The number of nitrogens with one attached hydrogen (secondary N) is 1. The van der Waals surface area contributed by atoms with Crippen molar-refractivity contribution in [3.8, 4) is 0 Å². The quantitative estimate of drug-likeness (QED) is 0.657. The fourth-order valence-electron chi connectivity index (χ4n) is 5.07. The van der Waals surface area contributed by atoms with Crippen LogP contribution in [0.3, 0.4) is 0 Å². The molecule has 7 nitrogen and oxygen atoms in total. The fourth-order valence-corrected chi connectivity index (χ4v) is 5.07. The highest BCUT2D eigenvalue weighted by Gasteiger charge is 2.54. The van der Waals surface area contributed by atoms with Crippen molar-refractivity contribution >= 4 is 22.6 Å². The van der Waals surface area contributed by atoms with Crippen LogP contribution in [0.15, 0.2) is 41.7 Å². The molecule has 1 N–H and O–H groups in total. The number of carbonyl (C=O) groups is 1. The van der Waals surface area contributed by atoms with Crippen molar-refractivity contribution in [2.75, 3.05) is 19.6 Å². The van der Waals surface area contributed by atoms with Gasteiger partial charge in [0.2, 0.25) is 0 Å². The normalized spacial score (nSPS) is 19.7. The van der Waals surface area contributed by atoms with E-state index in [4.69, 9.17) is 4.42 Å². The average Bonchev–Trinajstić information content (AvgIpc) is 3.12. The van der Waals surface area contributed by atoms with Crippen LogP contribution >= 0.6 is 0 Å². The number of hydrogen-bond acceptors (Lipinski definition) is 5. The zero-order chi connectivity index (χ0) is 21.6. The summed E-state index contributed by atoms with van der Waals surface area (Å²) in [4.78, 5) is 19.0. The molecule has 7 heteroatoms. The van der Waals surface area contributed by atoms with Gasteiger partial charge in [-0.2, -0.15) is 5.10 Å². The van der Waals surface area contributed by atoms with Gasteiger partial charge in [-0.05, 0) is 56.6 Å². The third kappa shape index (κ3) is 3.52. The summed E-state index contributed by atoms with van der Waals surface area (Å²) >= 11 is 0. The summed E-state index contributed by atoms with van der Waals surface area (Å²) in [7, 11) is 0. The lowest BCUT2D eigenvalue weighted by Gasteiger charge is -2.35. The van der Waals surface area contributed by atoms with Crippen molar-refractivity contribution in [3.63, 3.8) is 0 Å². The van der Waals surface area contributed by atoms with Gasteiger partial charge in [-0.3, -0.25) is 14.5 Å². The number of furan rings is 1. The first kappa shape index (κ1) is 19.8. The number of carbonyl (C=O) groups excluding carboxylic acids is 1. The van der Waals surface area contributed by atoms with Gasteiger partial charge < -0.3 is 14.6 Å². The number of hydrogen-bond donors (Lipinski definition) is 1. The molecular weight excluding hydrogens is 390 g/mol. The van der Waals surface area contributed by atoms with Crippen molar-refractivity contribution in [3.05, 3.63) is 54.3 Å². The summed E-state index contributed by atoms with van der Waals surface area (Å²) in [6.07, 6.45) is 8.75. The molecule has 1 amide bonds. The molecule has 162 valence electrons. The number of nitrogens with zero attached hydrogens (tertiary/aromatic N) is 4. The smallest absolute Gasteiger partial charge is 0.287 e. The summed E-state index contributed by atoms with van der Waals surface area (Å²) in [6.45, 7) is 12.2. The highest BCUT2D eigenvalue weighted by molar-refractivity contribution is 5.95. The fraction of sp³-hybridized carbons (Fsp3) is 0.458. The largest absolute Gasteiger partial charge is 0.449 e. The Hall–Kier alpha value is -3.09. The van der Waals surface area contributed by atoms with Gasteiger partial charge in [0.15, 0.2) is 11.3 Å². The number of aryl methyl sites for hydroxylation is 1. The summed E-state index contributed by atoms with van der Waals surface area (Å²) in [5, 5.41) is 8.43. The first-order valence-electron chi connectivity index (χ1n) is 11.1. The van der Waals surface area contributed by atoms with Gasteiger partial charge in [0.05, 0.1) is 12.4 Å². The Morgan fingerprint density at radius 1 is 1.35 bits per heavy atom. The van der Waals surface area contributed by atoms with E-state index in [1.807, 2.05) is 16.9 Å². The van der Waals surface area contributed by atoms with Gasteiger partial charge in [-0.1, -0.05) is 6.58 Å². The standard InChI is InChI=1S/C24H29N5O2/c1-4-29-17(3)20(14-27-29)16(2)28-9-6-24(7-10-28)12-19(24)13-26-23(30)21-11-18-5-8-25-15-22(18)31-21/h5,8,11,14-15,19H,2,4,6-7,9-10,12-13H2,1,3H3,(H,26,30). The molecule has 5 rings (SSSR count). The molecule has 31 heavy (non-hydrogen) atoms. The summed E-state index contributed by atoms with van der Waals surface area (Å²) in [5.41, 5.74) is 4.42. The number of aromatic nitrogens is 3. The van der Waals surface area contributed by atoms with Crippen LogP contribution in [0.1, 0.15) is 48.0 Å². The Balaban J connectivity index is 1.14. The molecule has 1 saturated carbocycles. The van der Waals surface area contributed by atoms with Gasteiger partial charge >= 0.3 is 0 Å². The first-order chi connectivity index (χ1) is 15.0. The van der Waals surface area contributed by atoms with E-state index in [1.165, 1.54) is 12.1 Å². The van der Waals surface area contributed by atoms with Crippen molar-refractivity contribution in [1.82, 2.24) is 25.0 Å². The van der Waals surface area contributed by atoms with Crippen molar-refractivity contribution in [2.45, 2.75) is 39.7 Å². The number of pyridine rings is 1. The molecule has 2 aliphatic rings. The van der Waals surface area contributed by atoms with Crippen molar-refractivity contribution in [2.24, 2.45) is 11.3 Å². The summed E-state index contributed by atoms with van der Waals surface area (Å²) in [5.74, 6) is 0.752. The van der Waals surface area contributed by atoms with E-state index in [1.54, 1.807) is 18.5 Å². The van der Waals surface area contributed by atoms with Crippen LogP contribution < -0.4 is 5.32 Å². The Kier molecular flexibility index (Phi) is 4.84.